The highest BCUT2D eigenvalue weighted by molar-refractivity contribution is 5.99. The molecule has 0 radical (unpaired) electrons. The number of amides is 3. The maximum absolute atomic E-state index is 12.2. The lowest BCUT2D eigenvalue weighted by Gasteiger charge is -2.12. The Balaban J connectivity index is 1.58. The minimum Gasteiger partial charge on any atom is -0.457 e. The highest BCUT2D eigenvalue weighted by Crippen LogP contribution is 2.26. The number of ether oxygens (including phenoxy) is 1. The van der Waals surface area contributed by atoms with Gasteiger partial charge in [-0.05, 0) is 30.3 Å². The minimum atomic E-state index is -0.437. The summed E-state index contributed by atoms with van der Waals surface area (Å²) in [5.41, 5.74) is 0.382. The molecule has 0 aliphatic heterocycles. The molecule has 0 spiro atoms. The van der Waals surface area contributed by atoms with Crippen LogP contribution in [0.2, 0.25) is 0 Å². The zero-order valence-corrected chi connectivity index (χ0v) is 17.2. The number of nitrogens with zero attached hydrogens (tertiary/aromatic N) is 3. The average molecular weight is 409 g/mol. The van der Waals surface area contributed by atoms with Crippen molar-refractivity contribution in [1.82, 2.24) is 10.1 Å². The van der Waals surface area contributed by atoms with Gasteiger partial charge in [0.1, 0.15) is 23.1 Å². The number of hydrogen-bond acceptors (Lipinski definition) is 6. The molecule has 0 unspecified atom stereocenters. The van der Waals surface area contributed by atoms with Gasteiger partial charge in [0.15, 0.2) is 5.82 Å². The van der Waals surface area contributed by atoms with E-state index in [2.05, 4.69) is 20.8 Å². The van der Waals surface area contributed by atoms with Gasteiger partial charge < -0.3 is 19.5 Å². The molecule has 3 rings (SSSR count). The van der Waals surface area contributed by atoms with E-state index in [1.54, 1.807) is 55.7 Å². The van der Waals surface area contributed by atoms with Crippen molar-refractivity contribution in [2.24, 2.45) is 0 Å². The monoisotopic (exact) mass is 409 g/mol. The van der Waals surface area contributed by atoms with Gasteiger partial charge in [-0.25, -0.2) is 9.78 Å². The predicted molar refractivity (Wildman–Crippen MR) is 113 cm³/mol. The minimum absolute atomic E-state index is 0.197. The van der Waals surface area contributed by atoms with Gasteiger partial charge in [0.05, 0.1) is 0 Å². The van der Waals surface area contributed by atoms with Gasteiger partial charge in [-0.1, -0.05) is 25.9 Å². The van der Waals surface area contributed by atoms with Crippen molar-refractivity contribution in [3.05, 3.63) is 54.4 Å². The van der Waals surface area contributed by atoms with Crippen molar-refractivity contribution in [2.45, 2.75) is 26.2 Å². The summed E-state index contributed by atoms with van der Waals surface area (Å²) in [6.07, 6.45) is 2.22. The highest BCUT2D eigenvalue weighted by atomic mass is 16.5. The maximum Gasteiger partial charge on any atom is 0.324 e. The van der Waals surface area contributed by atoms with Crippen LogP contribution in [0, 0.1) is 0 Å². The maximum atomic E-state index is 12.2. The molecule has 3 aromatic rings. The van der Waals surface area contributed by atoms with Crippen LogP contribution in [-0.2, 0) is 10.2 Å². The molecule has 0 saturated heterocycles. The van der Waals surface area contributed by atoms with Gasteiger partial charge in [-0.15, -0.1) is 0 Å². The Morgan fingerprint density at radius 2 is 1.83 bits per heavy atom. The quantitative estimate of drug-likeness (QED) is 0.584. The number of benzene rings is 1. The van der Waals surface area contributed by atoms with Crippen molar-refractivity contribution in [1.29, 1.82) is 0 Å². The van der Waals surface area contributed by atoms with Crippen LogP contribution in [0.25, 0.3) is 0 Å². The van der Waals surface area contributed by atoms with E-state index < -0.39 is 6.03 Å². The van der Waals surface area contributed by atoms with Crippen LogP contribution in [0.1, 0.15) is 26.5 Å². The summed E-state index contributed by atoms with van der Waals surface area (Å²) in [5, 5.41) is 9.21. The van der Waals surface area contributed by atoms with Gasteiger partial charge in [0.2, 0.25) is 6.41 Å². The lowest BCUT2D eigenvalue weighted by molar-refractivity contribution is -0.107. The van der Waals surface area contributed by atoms with Gasteiger partial charge in [0, 0.05) is 36.5 Å². The van der Waals surface area contributed by atoms with Gasteiger partial charge >= 0.3 is 6.03 Å². The first-order chi connectivity index (χ1) is 14.2. The first-order valence-corrected chi connectivity index (χ1v) is 9.22. The zero-order chi connectivity index (χ0) is 21.7. The summed E-state index contributed by atoms with van der Waals surface area (Å²) in [4.78, 5) is 28.5. The van der Waals surface area contributed by atoms with Crippen LogP contribution in [0.15, 0.2) is 53.2 Å². The molecule has 0 aliphatic rings. The molecule has 0 saturated carbocycles. The fourth-order valence-electron chi connectivity index (χ4n) is 2.42. The fourth-order valence-corrected chi connectivity index (χ4v) is 2.42. The molecule has 0 atom stereocenters. The number of anilines is 3. The number of hydrogen-bond donors (Lipinski definition) is 2. The summed E-state index contributed by atoms with van der Waals surface area (Å²) >= 11 is 0. The number of carbonyl (C=O) groups excluding carboxylic acids is 2. The third-order valence-electron chi connectivity index (χ3n) is 4.08. The summed E-state index contributed by atoms with van der Waals surface area (Å²) in [5.74, 6) is 2.59. The Kier molecular flexibility index (Phi) is 6.01. The van der Waals surface area contributed by atoms with Gasteiger partial charge in [-0.3, -0.25) is 10.1 Å². The number of rotatable bonds is 6. The summed E-state index contributed by atoms with van der Waals surface area (Å²) in [6, 6.07) is 11.4. The number of carbonyl (C=O) groups is 2. The molecule has 156 valence electrons. The van der Waals surface area contributed by atoms with Crippen LogP contribution >= 0.6 is 0 Å². The highest BCUT2D eigenvalue weighted by Gasteiger charge is 2.20. The largest absolute Gasteiger partial charge is 0.457 e. The Morgan fingerprint density at radius 1 is 1.10 bits per heavy atom. The molecule has 2 heterocycles. The third-order valence-corrected chi connectivity index (χ3v) is 4.08. The van der Waals surface area contributed by atoms with E-state index in [0.29, 0.717) is 41.0 Å². The second-order valence-corrected chi connectivity index (χ2v) is 7.60. The molecule has 9 heteroatoms. The topological polar surface area (TPSA) is 110 Å². The normalized spacial score (nSPS) is 10.9. The first kappa shape index (κ1) is 20.8. The van der Waals surface area contributed by atoms with Crippen LogP contribution in [0.4, 0.5) is 22.1 Å². The Hall–Kier alpha value is -3.88. The number of aromatic nitrogens is 2. The number of nitrogens with one attached hydrogen (secondary N) is 2. The van der Waals surface area contributed by atoms with E-state index in [9.17, 15) is 9.59 Å². The summed E-state index contributed by atoms with van der Waals surface area (Å²) in [6.45, 7) is 5.98. The number of pyridine rings is 1. The molecule has 0 bridgehead atoms. The van der Waals surface area contributed by atoms with Gasteiger partial charge in [0.25, 0.3) is 0 Å². The first-order valence-electron chi connectivity index (χ1n) is 9.22. The lowest BCUT2D eigenvalue weighted by Crippen LogP contribution is -2.19. The second kappa shape index (κ2) is 8.64. The van der Waals surface area contributed by atoms with Gasteiger partial charge in [-0.2, -0.15) is 0 Å². The van der Waals surface area contributed by atoms with E-state index in [1.165, 1.54) is 4.90 Å². The molecular formula is C21H23N5O4. The van der Waals surface area contributed by atoms with Crippen molar-refractivity contribution >= 4 is 29.8 Å². The zero-order valence-electron chi connectivity index (χ0n) is 17.2. The van der Waals surface area contributed by atoms with Crippen LogP contribution in [0.3, 0.4) is 0 Å². The van der Waals surface area contributed by atoms with E-state index in [-0.39, 0.29) is 5.41 Å². The van der Waals surface area contributed by atoms with Crippen molar-refractivity contribution < 1.29 is 18.8 Å². The Labute approximate surface area is 174 Å². The molecule has 3 amide bonds. The fraction of sp³-hybridized carbons (Fsp3) is 0.238. The van der Waals surface area contributed by atoms with Crippen LogP contribution < -0.4 is 20.3 Å². The summed E-state index contributed by atoms with van der Waals surface area (Å²) < 4.78 is 11.0. The smallest absolute Gasteiger partial charge is 0.324 e. The Morgan fingerprint density at radius 3 is 2.47 bits per heavy atom. The van der Waals surface area contributed by atoms with E-state index in [1.807, 2.05) is 20.8 Å². The Bertz CT molecular complexity index is 1020. The molecule has 2 aromatic heterocycles. The van der Waals surface area contributed by atoms with Crippen LogP contribution in [-0.4, -0.2) is 29.6 Å². The number of urea groups is 1. The molecule has 9 nitrogen and oxygen atoms in total. The lowest BCUT2D eigenvalue weighted by atomic mass is 9.93. The third kappa shape index (κ3) is 5.34. The summed E-state index contributed by atoms with van der Waals surface area (Å²) in [7, 11) is 1.60. The van der Waals surface area contributed by atoms with E-state index in [0.717, 1.165) is 0 Å². The van der Waals surface area contributed by atoms with Crippen molar-refractivity contribution in [2.75, 3.05) is 22.6 Å². The molecule has 0 aliphatic carbocycles. The van der Waals surface area contributed by atoms with E-state index >= 15 is 0 Å². The molecule has 30 heavy (non-hydrogen) atoms. The molecular weight excluding hydrogens is 386 g/mol. The standard InChI is InChI=1S/C21H23N5O4/c1-21(2,3)17-12-18(25-30-17)24-20(28)23-14-5-7-15(8-6-14)29-16-9-10-22-19(11-16)26(4)13-27/h5-13H,1-4H3,(H2,23,24,25,28). The van der Waals surface area contributed by atoms with Crippen molar-refractivity contribution in [3.8, 4) is 11.5 Å². The molecule has 2 N–H and O–H groups in total. The molecule has 1 aromatic carbocycles. The van der Waals surface area contributed by atoms with Crippen molar-refractivity contribution in [3.63, 3.8) is 0 Å². The molecule has 0 fully saturated rings. The SMILES string of the molecule is CN(C=O)c1cc(Oc2ccc(NC(=O)Nc3cc(C(C)(C)C)on3)cc2)ccn1. The second-order valence-electron chi connectivity index (χ2n) is 7.60. The van der Waals surface area contributed by atoms with E-state index in [4.69, 9.17) is 9.26 Å². The van der Waals surface area contributed by atoms with Crippen LogP contribution in [0.5, 0.6) is 11.5 Å². The average Bonchev–Trinajstić information content (AvgIpc) is 3.18. The predicted octanol–water partition coefficient (Wildman–Crippen LogP) is 4.40.